The molecule has 0 radical (unpaired) electrons. The van der Waals surface area contributed by atoms with E-state index >= 15 is 0 Å². The topological polar surface area (TPSA) is 26.3 Å². The number of ketones is 1. The molecule has 1 aromatic carbocycles. The van der Waals surface area contributed by atoms with Crippen LogP contribution in [0.1, 0.15) is 20.8 Å². The Bertz CT molecular complexity index is 347. The number of hydrogen-bond acceptors (Lipinski definition) is 2. The highest BCUT2D eigenvalue weighted by atomic mass is 35.5. The Morgan fingerprint density at radius 2 is 2.00 bits per heavy atom. The van der Waals surface area contributed by atoms with Gasteiger partial charge in [-0.15, -0.1) is 0 Å². The molecule has 0 fully saturated rings. The van der Waals surface area contributed by atoms with Crippen molar-refractivity contribution in [1.82, 2.24) is 0 Å². The molecule has 15 heavy (non-hydrogen) atoms. The summed E-state index contributed by atoms with van der Waals surface area (Å²) in [6.45, 7) is 5.48. The molecule has 0 N–H and O–H groups in total. The Kier molecular flexibility index (Phi) is 4.15. The molecule has 1 unspecified atom stereocenters. The summed E-state index contributed by atoms with van der Waals surface area (Å²) in [6.07, 6.45) is -0.427. The molecule has 0 bridgehead atoms. The van der Waals surface area contributed by atoms with E-state index in [-0.39, 0.29) is 11.7 Å². The van der Waals surface area contributed by atoms with Gasteiger partial charge in [0.2, 0.25) is 0 Å². The number of ether oxygens (including phenoxy) is 1. The van der Waals surface area contributed by atoms with Crippen LogP contribution in [-0.4, -0.2) is 11.9 Å². The summed E-state index contributed by atoms with van der Waals surface area (Å²) in [5, 5.41) is 0.608. The Morgan fingerprint density at radius 1 is 1.33 bits per heavy atom. The van der Waals surface area contributed by atoms with Crippen molar-refractivity contribution in [2.24, 2.45) is 5.92 Å². The van der Waals surface area contributed by atoms with Gasteiger partial charge in [-0.1, -0.05) is 31.5 Å². The molecule has 1 rings (SSSR count). The summed E-state index contributed by atoms with van der Waals surface area (Å²) in [7, 11) is 0. The zero-order valence-electron chi connectivity index (χ0n) is 9.16. The van der Waals surface area contributed by atoms with Gasteiger partial charge in [0.05, 0.1) is 0 Å². The third-order valence-electron chi connectivity index (χ3n) is 2.08. The van der Waals surface area contributed by atoms with Crippen molar-refractivity contribution in [1.29, 1.82) is 0 Å². The number of benzene rings is 1. The van der Waals surface area contributed by atoms with Crippen LogP contribution in [0.15, 0.2) is 24.3 Å². The van der Waals surface area contributed by atoms with Crippen LogP contribution in [0, 0.1) is 5.92 Å². The Hall–Kier alpha value is -1.02. The van der Waals surface area contributed by atoms with Gasteiger partial charge < -0.3 is 4.74 Å². The first kappa shape index (κ1) is 12.1. The SMILES string of the molecule is CC(C)C(=O)C(C)Oc1cccc(Cl)c1. The lowest BCUT2D eigenvalue weighted by atomic mass is 10.1. The van der Waals surface area contributed by atoms with E-state index in [9.17, 15) is 4.79 Å². The molecule has 0 aliphatic carbocycles. The van der Waals surface area contributed by atoms with Gasteiger partial charge in [-0.3, -0.25) is 4.79 Å². The van der Waals surface area contributed by atoms with E-state index < -0.39 is 6.10 Å². The maximum atomic E-state index is 11.6. The van der Waals surface area contributed by atoms with Crippen molar-refractivity contribution in [2.75, 3.05) is 0 Å². The fourth-order valence-corrected chi connectivity index (χ4v) is 1.45. The monoisotopic (exact) mass is 226 g/mol. The number of hydrogen-bond donors (Lipinski definition) is 0. The molecule has 0 saturated carbocycles. The Balaban J connectivity index is 2.66. The summed E-state index contributed by atoms with van der Waals surface area (Å²) in [4.78, 5) is 11.6. The molecule has 0 aromatic heterocycles. The van der Waals surface area contributed by atoms with Crippen LogP contribution in [0.3, 0.4) is 0 Å². The van der Waals surface area contributed by atoms with Gasteiger partial charge in [-0.2, -0.15) is 0 Å². The molecular weight excluding hydrogens is 212 g/mol. The molecule has 1 aromatic rings. The lowest BCUT2D eigenvalue weighted by Gasteiger charge is -2.15. The summed E-state index contributed by atoms with van der Waals surface area (Å²) in [5.74, 6) is 0.707. The first-order valence-electron chi connectivity index (χ1n) is 4.96. The summed E-state index contributed by atoms with van der Waals surface area (Å²) < 4.78 is 5.48. The molecular formula is C12H15ClO2. The smallest absolute Gasteiger partial charge is 0.175 e. The quantitative estimate of drug-likeness (QED) is 0.787. The Morgan fingerprint density at radius 3 is 2.53 bits per heavy atom. The van der Waals surface area contributed by atoms with E-state index in [0.29, 0.717) is 10.8 Å². The normalized spacial score (nSPS) is 12.6. The average Bonchev–Trinajstić information content (AvgIpc) is 2.16. The first-order valence-corrected chi connectivity index (χ1v) is 5.34. The highest BCUT2D eigenvalue weighted by Gasteiger charge is 2.17. The third-order valence-corrected chi connectivity index (χ3v) is 2.31. The van der Waals surface area contributed by atoms with Crippen molar-refractivity contribution in [3.05, 3.63) is 29.3 Å². The van der Waals surface area contributed by atoms with E-state index in [2.05, 4.69) is 0 Å². The van der Waals surface area contributed by atoms with Crippen molar-refractivity contribution >= 4 is 17.4 Å². The van der Waals surface area contributed by atoms with Gasteiger partial charge in [0.1, 0.15) is 5.75 Å². The second kappa shape index (κ2) is 5.17. The maximum absolute atomic E-state index is 11.6. The second-order valence-corrected chi connectivity index (χ2v) is 4.21. The maximum Gasteiger partial charge on any atom is 0.175 e. The van der Waals surface area contributed by atoms with Crippen LogP contribution in [0.2, 0.25) is 5.02 Å². The molecule has 0 aliphatic heterocycles. The zero-order valence-corrected chi connectivity index (χ0v) is 9.91. The van der Waals surface area contributed by atoms with Gasteiger partial charge in [0, 0.05) is 10.9 Å². The molecule has 0 heterocycles. The molecule has 82 valence electrons. The van der Waals surface area contributed by atoms with Gasteiger partial charge in [-0.05, 0) is 25.1 Å². The lowest BCUT2D eigenvalue weighted by Crippen LogP contribution is -2.27. The van der Waals surface area contributed by atoms with Crippen LogP contribution in [0.5, 0.6) is 5.75 Å². The number of carbonyl (C=O) groups excluding carboxylic acids is 1. The van der Waals surface area contributed by atoms with Crippen LogP contribution in [0.4, 0.5) is 0 Å². The van der Waals surface area contributed by atoms with Crippen LogP contribution >= 0.6 is 11.6 Å². The molecule has 2 nitrogen and oxygen atoms in total. The van der Waals surface area contributed by atoms with Crippen LogP contribution in [-0.2, 0) is 4.79 Å². The van der Waals surface area contributed by atoms with Gasteiger partial charge in [-0.25, -0.2) is 0 Å². The minimum Gasteiger partial charge on any atom is -0.483 e. The van der Waals surface area contributed by atoms with E-state index in [4.69, 9.17) is 16.3 Å². The molecule has 3 heteroatoms. The third kappa shape index (κ3) is 3.56. The van der Waals surface area contributed by atoms with E-state index in [1.807, 2.05) is 13.8 Å². The lowest BCUT2D eigenvalue weighted by molar-refractivity contribution is -0.128. The van der Waals surface area contributed by atoms with E-state index in [0.717, 1.165) is 0 Å². The fraction of sp³-hybridized carbons (Fsp3) is 0.417. The van der Waals surface area contributed by atoms with Crippen molar-refractivity contribution < 1.29 is 9.53 Å². The molecule has 0 saturated heterocycles. The number of Topliss-reactive ketones (excluding diaryl/α,β-unsaturated/α-hetero) is 1. The highest BCUT2D eigenvalue weighted by molar-refractivity contribution is 6.30. The van der Waals surface area contributed by atoms with Gasteiger partial charge >= 0.3 is 0 Å². The summed E-state index contributed by atoms with van der Waals surface area (Å²) >= 11 is 5.81. The first-order chi connectivity index (χ1) is 7.00. The summed E-state index contributed by atoms with van der Waals surface area (Å²) in [6, 6.07) is 7.05. The van der Waals surface area contributed by atoms with E-state index in [1.165, 1.54) is 0 Å². The minimum absolute atomic E-state index is 0.0146. The van der Waals surface area contributed by atoms with Gasteiger partial charge in [0.25, 0.3) is 0 Å². The predicted molar refractivity (Wildman–Crippen MR) is 61.4 cm³/mol. The minimum atomic E-state index is -0.427. The Labute approximate surface area is 95.2 Å². The number of halogens is 1. The molecule has 0 amide bonds. The second-order valence-electron chi connectivity index (χ2n) is 3.77. The van der Waals surface area contributed by atoms with Gasteiger partial charge in [0.15, 0.2) is 11.9 Å². The molecule has 0 spiro atoms. The van der Waals surface area contributed by atoms with Crippen LogP contribution < -0.4 is 4.74 Å². The zero-order chi connectivity index (χ0) is 11.4. The van der Waals surface area contributed by atoms with E-state index in [1.54, 1.807) is 31.2 Å². The average molecular weight is 227 g/mol. The van der Waals surface area contributed by atoms with Crippen molar-refractivity contribution in [3.63, 3.8) is 0 Å². The largest absolute Gasteiger partial charge is 0.483 e. The predicted octanol–water partition coefficient (Wildman–Crippen LogP) is 3.33. The fourth-order valence-electron chi connectivity index (χ4n) is 1.27. The van der Waals surface area contributed by atoms with Crippen LogP contribution in [0.25, 0.3) is 0 Å². The molecule has 0 aliphatic rings. The summed E-state index contributed by atoms with van der Waals surface area (Å²) in [5.41, 5.74) is 0. The molecule has 1 atom stereocenters. The van der Waals surface area contributed by atoms with Crippen molar-refractivity contribution in [2.45, 2.75) is 26.9 Å². The van der Waals surface area contributed by atoms with Crippen molar-refractivity contribution in [3.8, 4) is 5.75 Å². The number of carbonyl (C=O) groups is 1. The standard InChI is InChI=1S/C12H15ClO2/c1-8(2)12(14)9(3)15-11-6-4-5-10(13)7-11/h4-9H,1-3H3. The number of rotatable bonds is 4. The highest BCUT2D eigenvalue weighted by Crippen LogP contribution is 2.19.